The number of rotatable bonds is 9. The molecule has 5 heteroatoms. The van der Waals surface area contributed by atoms with Gasteiger partial charge >= 0.3 is 0 Å². The fourth-order valence-corrected chi connectivity index (χ4v) is 1.65. The van der Waals surface area contributed by atoms with E-state index in [0.29, 0.717) is 5.69 Å². The van der Waals surface area contributed by atoms with E-state index in [9.17, 15) is 9.18 Å². The molecule has 1 amide bonds. The van der Waals surface area contributed by atoms with Crippen molar-refractivity contribution in [3.8, 4) is 0 Å². The number of unbranched alkanes of at least 4 members (excludes halogenated alkanes) is 2. The normalized spacial score (nSPS) is 10.4. The van der Waals surface area contributed by atoms with E-state index in [0.717, 1.165) is 32.4 Å². The molecule has 0 aromatic heterocycles. The quantitative estimate of drug-likeness (QED) is 0.675. The van der Waals surface area contributed by atoms with E-state index in [1.165, 1.54) is 12.1 Å². The van der Waals surface area contributed by atoms with Gasteiger partial charge in [0, 0.05) is 19.4 Å². The van der Waals surface area contributed by atoms with Crippen molar-refractivity contribution in [3.05, 3.63) is 30.1 Å². The first kappa shape index (κ1) is 15.6. The summed E-state index contributed by atoms with van der Waals surface area (Å²) < 4.78 is 17.8. The molecule has 4 nitrogen and oxygen atoms in total. The van der Waals surface area contributed by atoms with Gasteiger partial charge in [0.1, 0.15) is 5.82 Å². The molecule has 0 fully saturated rings. The van der Waals surface area contributed by atoms with Gasteiger partial charge in [0.2, 0.25) is 5.91 Å². The van der Waals surface area contributed by atoms with E-state index in [2.05, 4.69) is 10.6 Å². The Hall–Kier alpha value is -1.46. The molecule has 0 saturated heterocycles. The van der Waals surface area contributed by atoms with Crippen LogP contribution in [-0.2, 0) is 9.53 Å². The van der Waals surface area contributed by atoms with Gasteiger partial charge < -0.3 is 15.4 Å². The summed E-state index contributed by atoms with van der Waals surface area (Å²) in [5, 5.41) is 5.68. The number of anilines is 1. The minimum absolute atomic E-state index is 0.164. The van der Waals surface area contributed by atoms with E-state index >= 15 is 0 Å². The summed E-state index contributed by atoms with van der Waals surface area (Å²) in [7, 11) is 1.69. The fourth-order valence-electron chi connectivity index (χ4n) is 1.65. The standard InChI is InChI=1S/C14H21FN2O2/c1-19-9-4-2-3-8-16-11-14(18)17-13-7-5-6-12(15)10-13/h5-7,10,16H,2-4,8-9,11H2,1H3,(H,17,18). The molecule has 0 aliphatic carbocycles. The number of methoxy groups -OCH3 is 1. The highest BCUT2D eigenvalue weighted by Gasteiger charge is 2.02. The van der Waals surface area contributed by atoms with Crippen LogP contribution in [0.5, 0.6) is 0 Å². The molecule has 0 heterocycles. The van der Waals surface area contributed by atoms with E-state index in [1.54, 1.807) is 19.2 Å². The Labute approximate surface area is 113 Å². The molecule has 1 aromatic rings. The number of amides is 1. The van der Waals surface area contributed by atoms with Gasteiger partial charge in [-0.2, -0.15) is 0 Å². The van der Waals surface area contributed by atoms with Gasteiger partial charge in [-0.3, -0.25) is 4.79 Å². The number of hydrogen-bond acceptors (Lipinski definition) is 3. The zero-order chi connectivity index (χ0) is 13.9. The Kier molecular flexibility index (Phi) is 7.77. The molecule has 19 heavy (non-hydrogen) atoms. The third-order valence-corrected chi connectivity index (χ3v) is 2.60. The van der Waals surface area contributed by atoms with Crippen molar-refractivity contribution in [2.24, 2.45) is 0 Å². The third-order valence-electron chi connectivity index (χ3n) is 2.60. The van der Waals surface area contributed by atoms with E-state index < -0.39 is 0 Å². The first-order valence-corrected chi connectivity index (χ1v) is 6.47. The van der Waals surface area contributed by atoms with E-state index in [4.69, 9.17) is 4.74 Å². The highest BCUT2D eigenvalue weighted by molar-refractivity contribution is 5.92. The summed E-state index contributed by atoms with van der Waals surface area (Å²) in [5.41, 5.74) is 0.479. The maximum atomic E-state index is 12.9. The predicted octanol–water partition coefficient (Wildman–Crippen LogP) is 2.17. The highest BCUT2D eigenvalue weighted by atomic mass is 19.1. The molecule has 2 N–H and O–H groups in total. The molecule has 0 saturated carbocycles. The van der Waals surface area contributed by atoms with Crippen LogP contribution in [0.2, 0.25) is 0 Å². The molecule has 0 aliphatic heterocycles. The largest absolute Gasteiger partial charge is 0.385 e. The first-order chi connectivity index (χ1) is 9.22. The molecule has 0 spiro atoms. The van der Waals surface area contributed by atoms with Crippen LogP contribution in [0.4, 0.5) is 10.1 Å². The first-order valence-electron chi connectivity index (χ1n) is 6.47. The van der Waals surface area contributed by atoms with Gasteiger partial charge in [-0.05, 0) is 44.0 Å². The lowest BCUT2D eigenvalue weighted by Crippen LogP contribution is -2.28. The SMILES string of the molecule is COCCCCCNCC(=O)Nc1cccc(F)c1. The fraction of sp³-hybridized carbons (Fsp3) is 0.500. The predicted molar refractivity (Wildman–Crippen MR) is 73.6 cm³/mol. The Morgan fingerprint density at radius 2 is 2.16 bits per heavy atom. The van der Waals surface area contributed by atoms with Gasteiger partial charge in [0.05, 0.1) is 6.54 Å². The van der Waals surface area contributed by atoms with Crippen LogP contribution in [0.25, 0.3) is 0 Å². The molecule has 106 valence electrons. The monoisotopic (exact) mass is 268 g/mol. The van der Waals surface area contributed by atoms with Crippen molar-refractivity contribution in [1.82, 2.24) is 5.32 Å². The summed E-state index contributed by atoms with van der Waals surface area (Å²) in [6.45, 7) is 1.81. The van der Waals surface area contributed by atoms with Crippen molar-refractivity contribution in [3.63, 3.8) is 0 Å². The van der Waals surface area contributed by atoms with E-state index in [1.807, 2.05) is 0 Å². The van der Waals surface area contributed by atoms with Crippen LogP contribution in [0.1, 0.15) is 19.3 Å². The third kappa shape index (κ3) is 7.54. The smallest absolute Gasteiger partial charge is 0.238 e. The number of halogens is 1. The van der Waals surface area contributed by atoms with Crippen molar-refractivity contribution >= 4 is 11.6 Å². The van der Waals surface area contributed by atoms with Crippen LogP contribution in [0, 0.1) is 5.82 Å². The Bertz CT molecular complexity index is 385. The number of ether oxygens (including phenoxy) is 1. The van der Waals surface area contributed by atoms with Crippen molar-refractivity contribution in [2.45, 2.75) is 19.3 Å². The van der Waals surface area contributed by atoms with Gasteiger partial charge in [0.25, 0.3) is 0 Å². The van der Waals surface area contributed by atoms with Crippen molar-refractivity contribution in [2.75, 3.05) is 32.1 Å². The van der Waals surface area contributed by atoms with Gasteiger partial charge in [-0.1, -0.05) is 6.07 Å². The maximum absolute atomic E-state index is 12.9. The second-order valence-electron chi connectivity index (χ2n) is 4.29. The second-order valence-corrected chi connectivity index (χ2v) is 4.29. The molecule has 0 radical (unpaired) electrons. The minimum atomic E-state index is -0.357. The summed E-state index contributed by atoms with van der Waals surface area (Å²) >= 11 is 0. The zero-order valence-electron chi connectivity index (χ0n) is 11.2. The molecule has 0 bridgehead atoms. The topological polar surface area (TPSA) is 50.4 Å². The van der Waals surface area contributed by atoms with Crippen molar-refractivity contribution < 1.29 is 13.9 Å². The summed E-state index contributed by atoms with van der Waals surface area (Å²) in [5.74, 6) is -0.522. The summed E-state index contributed by atoms with van der Waals surface area (Å²) in [6, 6.07) is 5.86. The minimum Gasteiger partial charge on any atom is -0.385 e. The van der Waals surface area contributed by atoms with Gasteiger partial charge in [-0.15, -0.1) is 0 Å². The van der Waals surface area contributed by atoms with Gasteiger partial charge in [0.15, 0.2) is 0 Å². The summed E-state index contributed by atoms with van der Waals surface area (Å²) in [6.07, 6.45) is 3.12. The van der Waals surface area contributed by atoms with E-state index in [-0.39, 0.29) is 18.3 Å². The van der Waals surface area contributed by atoms with Crippen LogP contribution in [-0.4, -0.2) is 32.7 Å². The number of nitrogens with one attached hydrogen (secondary N) is 2. The molecule has 0 unspecified atom stereocenters. The van der Waals surface area contributed by atoms with Crippen LogP contribution in [0.15, 0.2) is 24.3 Å². The lowest BCUT2D eigenvalue weighted by molar-refractivity contribution is -0.115. The lowest BCUT2D eigenvalue weighted by Gasteiger charge is -2.06. The number of benzene rings is 1. The lowest BCUT2D eigenvalue weighted by atomic mass is 10.2. The molecule has 0 aliphatic rings. The summed E-state index contributed by atoms with van der Waals surface area (Å²) in [4.78, 5) is 11.5. The number of hydrogen-bond donors (Lipinski definition) is 2. The van der Waals surface area contributed by atoms with Gasteiger partial charge in [-0.25, -0.2) is 4.39 Å². The Balaban J connectivity index is 2.08. The number of carbonyl (C=O) groups excluding carboxylic acids is 1. The number of carbonyl (C=O) groups is 1. The maximum Gasteiger partial charge on any atom is 0.238 e. The molecule has 1 aromatic carbocycles. The van der Waals surface area contributed by atoms with Crippen LogP contribution < -0.4 is 10.6 Å². The zero-order valence-corrected chi connectivity index (χ0v) is 11.2. The average molecular weight is 268 g/mol. The second kappa shape index (κ2) is 9.47. The van der Waals surface area contributed by atoms with Crippen LogP contribution in [0.3, 0.4) is 0 Å². The molecule has 0 atom stereocenters. The highest BCUT2D eigenvalue weighted by Crippen LogP contribution is 2.08. The molecular weight excluding hydrogens is 247 g/mol. The average Bonchev–Trinajstić information content (AvgIpc) is 2.37. The molecular formula is C14H21FN2O2. The Morgan fingerprint density at radius 3 is 2.89 bits per heavy atom. The Morgan fingerprint density at radius 1 is 1.32 bits per heavy atom. The van der Waals surface area contributed by atoms with Crippen LogP contribution >= 0.6 is 0 Å². The molecule has 1 rings (SSSR count). The van der Waals surface area contributed by atoms with Crippen molar-refractivity contribution in [1.29, 1.82) is 0 Å².